The lowest BCUT2D eigenvalue weighted by Crippen LogP contribution is -2.51. The molecule has 0 aliphatic carbocycles. The summed E-state index contributed by atoms with van der Waals surface area (Å²) in [7, 11) is -6.95. The number of rotatable bonds is 13. The Morgan fingerprint density at radius 3 is 1.96 bits per heavy atom. The van der Waals surface area contributed by atoms with Gasteiger partial charge in [-0.2, -0.15) is 0 Å². The van der Waals surface area contributed by atoms with Gasteiger partial charge in [0.15, 0.2) is 8.32 Å². The second kappa shape index (κ2) is 15.0. The van der Waals surface area contributed by atoms with Crippen LogP contribution in [0, 0.1) is 20.4 Å². The molecule has 4 heterocycles. The van der Waals surface area contributed by atoms with Gasteiger partial charge >= 0.3 is 19.2 Å². The van der Waals surface area contributed by atoms with E-state index in [4.69, 9.17) is 34.0 Å². The molecule has 2 saturated heterocycles. The zero-order chi connectivity index (χ0) is 37.4. The molecule has 18 heteroatoms. The van der Waals surface area contributed by atoms with E-state index in [1.807, 2.05) is 6.92 Å². The fourth-order valence-corrected chi connectivity index (χ4v) is 8.84. The summed E-state index contributed by atoms with van der Waals surface area (Å²) in [6, 6.07) is 0. The van der Waals surface area contributed by atoms with Crippen LogP contribution in [-0.2, 0) is 32.0 Å². The minimum absolute atomic E-state index is 0.0808. The monoisotopic (exact) mass is 739 g/mol. The largest absolute Gasteiger partial charge is 0.476 e. The molecule has 2 aliphatic heterocycles. The first-order valence-corrected chi connectivity index (χ1v) is 21.1. The van der Waals surface area contributed by atoms with Gasteiger partial charge in [-0.3, -0.25) is 42.3 Å². The lowest BCUT2D eigenvalue weighted by atomic mass is 9.97. The van der Waals surface area contributed by atoms with Gasteiger partial charge in [-0.1, -0.05) is 27.7 Å². The number of phosphoric ester groups is 1. The highest BCUT2D eigenvalue weighted by atomic mass is 31.2. The quantitative estimate of drug-likeness (QED) is 0.129. The predicted molar refractivity (Wildman–Crippen MR) is 187 cm³/mol. The molecular weight excluding hydrogens is 689 g/mol. The van der Waals surface area contributed by atoms with Crippen molar-refractivity contribution in [2.75, 3.05) is 13.2 Å². The van der Waals surface area contributed by atoms with Crippen LogP contribution in [0.3, 0.4) is 0 Å². The van der Waals surface area contributed by atoms with Gasteiger partial charge in [-0.05, 0) is 52.2 Å². The summed E-state index contributed by atoms with van der Waals surface area (Å²) >= 11 is 0. The van der Waals surface area contributed by atoms with E-state index >= 15 is 0 Å². The second-order valence-electron chi connectivity index (χ2n) is 14.9. The maximum Gasteiger partial charge on any atom is 0.476 e. The van der Waals surface area contributed by atoms with Crippen LogP contribution in [0.15, 0.2) is 31.6 Å². The Bertz CT molecular complexity index is 1870. The summed E-state index contributed by atoms with van der Waals surface area (Å²) in [6.45, 7) is 25.6. The summed E-state index contributed by atoms with van der Waals surface area (Å²) in [6.07, 6.45) is -1.15. The number of nitrogens with zero attached hydrogens (tertiary/aromatic N) is 3. The highest BCUT2D eigenvalue weighted by Gasteiger charge is 2.54. The van der Waals surface area contributed by atoms with Crippen molar-refractivity contribution >= 4 is 16.1 Å². The lowest BCUT2D eigenvalue weighted by Gasteiger charge is -2.42. The summed E-state index contributed by atoms with van der Waals surface area (Å²) in [4.78, 5) is 57.5. The van der Waals surface area contributed by atoms with Crippen LogP contribution in [0.4, 0.5) is 0 Å². The molecule has 4 rings (SSSR count). The van der Waals surface area contributed by atoms with Crippen molar-refractivity contribution < 1.29 is 32.0 Å². The zero-order valence-corrected chi connectivity index (χ0v) is 32.3. The number of hydrogen-bond acceptors (Lipinski definition) is 11. The number of aryl methyl sites for hydroxylation is 2. The van der Waals surface area contributed by atoms with Gasteiger partial charge in [-0.15, -0.1) is 0 Å². The third-order valence-electron chi connectivity index (χ3n) is 9.57. The van der Waals surface area contributed by atoms with E-state index in [9.17, 15) is 23.7 Å². The number of aromatic nitrogens is 4. The molecule has 2 aliphatic rings. The van der Waals surface area contributed by atoms with Crippen molar-refractivity contribution in [3.05, 3.63) is 76.6 Å². The molecule has 2 aromatic heterocycles. The number of ether oxygens (including phenoxy) is 2. The SMILES string of the molecule is [C-]#[N+]CCOP(=O)(OC1C[C@H](n2cc(C)c(=O)[nH]c2=O)O[C@@H]1CC)OC(C)(C)[C@H]1O[C@@H](n2cc(C)c(=O)[nH]c2=O)CC1O[Si](C)(C)C(C)(C)C. The molecule has 50 heavy (non-hydrogen) atoms. The average Bonchev–Trinajstić information content (AvgIpc) is 3.60. The van der Waals surface area contributed by atoms with Crippen LogP contribution < -0.4 is 22.5 Å². The molecule has 16 nitrogen and oxygen atoms in total. The van der Waals surface area contributed by atoms with Crippen molar-refractivity contribution in [3.8, 4) is 0 Å². The van der Waals surface area contributed by atoms with Gasteiger partial charge in [-0.25, -0.2) is 20.7 Å². The minimum Gasteiger partial charge on any atom is -0.411 e. The smallest absolute Gasteiger partial charge is 0.411 e. The maximum absolute atomic E-state index is 14.6. The molecule has 7 atom stereocenters. The number of H-pyrrole nitrogens is 2. The van der Waals surface area contributed by atoms with Crippen LogP contribution in [0.2, 0.25) is 18.1 Å². The molecule has 0 radical (unpaired) electrons. The molecule has 2 N–H and O–H groups in total. The van der Waals surface area contributed by atoms with E-state index in [0.29, 0.717) is 17.5 Å². The third kappa shape index (κ3) is 8.74. The average molecular weight is 740 g/mol. The summed E-state index contributed by atoms with van der Waals surface area (Å²) in [5.74, 6) is 0. The molecule has 278 valence electrons. The minimum atomic E-state index is -4.50. The van der Waals surface area contributed by atoms with Crippen molar-refractivity contribution in [1.82, 2.24) is 19.1 Å². The molecule has 2 aromatic rings. The van der Waals surface area contributed by atoms with E-state index in [2.05, 4.69) is 48.7 Å². The van der Waals surface area contributed by atoms with E-state index in [-0.39, 0.29) is 31.0 Å². The summed E-state index contributed by atoms with van der Waals surface area (Å²) in [5, 5.41) is -0.187. The fraction of sp³-hybridized carbons (Fsp3) is 0.719. The highest BCUT2D eigenvalue weighted by Crippen LogP contribution is 2.58. The molecule has 0 spiro atoms. The van der Waals surface area contributed by atoms with Crippen molar-refractivity contribution in [2.24, 2.45) is 0 Å². The topological polar surface area (TPSA) is 187 Å². The van der Waals surface area contributed by atoms with E-state index in [1.54, 1.807) is 27.7 Å². The summed E-state index contributed by atoms with van der Waals surface area (Å²) < 4.78 is 54.8. The van der Waals surface area contributed by atoms with Crippen LogP contribution in [-0.4, -0.2) is 70.6 Å². The molecule has 0 amide bonds. The number of hydrogen-bond donors (Lipinski definition) is 2. The Labute approximate surface area is 292 Å². The maximum atomic E-state index is 14.6. The number of phosphoric acid groups is 1. The molecular formula is C32H50N5O11PSi. The molecule has 0 aromatic carbocycles. The first-order valence-electron chi connectivity index (χ1n) is 16.7. The van der Waals surface area contributed by atoms with Crippen molar-refractivity contribution in [3.63, 3.8) is 0 Å². The van der Waals surface area contributed by atoms with Crippen LogP contribution >= 0.6 is 7.82 Å². The van der Waals surface area contributed by atoms with Gasteiger partial charge in [0.05, 0.1) is 18.3 Å². The Hall–Kier alpha value is -2.94. The van der Waals surface area contributed by atoms with Crippen LogP contribution in [0.5, 0.6) is 0 Å². The fourth-order valence-electron chi connectivity index (χ4n) is 5.82. The van der Waals surface area contributed by atoms with Gasteiger partial charge in [0.1, 0.15) is 30.8 Å². The molecule has 3 unspecified atom stereocenters. The highest BCUT2D eigenvalue weighted by molar-refractivity contribution is 7.48. The van der Waals surface area contributed by atoms with Gasteiger partial charge in [0.2, 0.25) is 6.54 Å². The molecule has 0 bridgehead atoms. The third-order valence-corrected chi connectivity index (χ3v) is 15.8. The second-order valence-corrected chi connectivity index (χ2v) is 21.2. The van der Waals surface area contributed by atoms with Crippen LogP contribution in [0.1, 0.15) is 84.4 Å². The zero-order valence-electron chi connectivity index (χ0n) is 30.4. The van der Waals surface area contributed by atoms with Crippen molar-refractivity contribution in [1.29, 1.82) is 0 Å². The standard InChI is InChI=1S/C32H50N5O11PSi/c1-12-21-22(15-24(44-21)36-17-19(2)27(38)34-29(36)40)46-49(42,43-14-13-33-9)48-32(7,8)26-23(47-50(10,11)31(4,5)6)16-25(45-26)37-18-20(3)28(39)35-30(37)41/h17-18,21-26H,12-16H2,1-8,10-11H3,(H,34,38,40)(H,35,39,41)/t21-,22?,23?,24-,25-,26+,49?/m1/s1. The normalized spacial score (nSPS) is 25.8. The Morgan fingerprint density at radius 1 is 0.940 bits per heavy atom. The summed E-state index contributed by atoms with van der Waals surface area (Å²) in [5.41, 5.74) is -3.11. The van der Waals surface area contributed by atoms with Crippen LogP contribution in [0.25, 0.3) is 4.85 Å². The first-order chi connectivity index (χ1) is 23.1. The van der Waals surface area contributed by atoms with E-state index in [0.717, 1.165) is 0 Å². The predicted octanol–water partition coefficient (Wildman–Crippen LogP) is 4.30. The van der Waals surface area contributed by atoms with Crippen molar-refractivity contribution in [2.45, 2.75) is 135 Å². The number of aromatic amines is 2. The number of nitrogens with one attached hydrogen (secondary N) is 2. The van der Waals surface area contributed by atoms with Gasteiger partial charge in [0.25, 0.3) is 11.1 Å². The molecule has 2 fully saturated rings. The van der Waals surface area contributed by atoms with Gasteiger partial charge < -0.3 is 18.7 Å². The Kier molecular flexibility index (Phi) is 11.9. The lowest BCUT2D eigenvalue weighted by molar-refractivity contribution is -0.123. The Balaban J connectivity index is 1.67. The Morgan fingerprint density at radius 2 is 1.46 bits per heavy atom. The molecule has 0 saturated carbocycles. The van der Waals surface area contributed by atoms with Gasteiger partial charge in [0, 0.05) is 36.4 Å². The van der Waals surface area contributed by atoms with E-state index in [1.165, 1.54) is 21.5 Å². The first kappa shape index (κ1) is 39.8. The van der Waals surface area contributed by atoms with E-state index < -0.39 is 81.1 Å².